The minimum atomic E-state index is -0.923. The summed E-state index contributed by atoms with van der Waals surface area (Å²) >= 11 is 1.56. The van der Waals surface area contributed by atoms with Crippen LogP contribution in [0, 0.1) is 0 Å². The molecule has 0 aliphatic carbocycles. The number of aliphatic carboxylic acids is 1. The van der Waals surface area contributed by atoms with Crippen molar-refractivity contribution in [2.75, 3.05) is 5.75 Å². The number of hydrogen-bond acceptors (Lipinski definition) is 3. The zero-order valence-corrected chi connectivity index (χ0v) is 9.02. The Morgan fingerprint density at radius 2 is 1.92 bits per heavy atom. The van der Waals surface area contributed by atoms with Gasteiger partial charge in [-0.05, 0) is 5.25 Å². The van der Waals surface area contributed by atoms with Gasteiger partial charge < -0.3 is 10.8 Å². The van der Waals surface area contributed by atoms with E-state index in [0.717, 1.165) is 0 Å². The minimum Gasteiger partial charge on any atom is -0.480 e. The van der Waals surface area contributed by atoms with E-state index in [1.807, 2.05) is 27.7 Å². The van der Waals surface area contributed by atoms with Crippen LogP contribution in [0.5, 0.6) is 0 Å². The van der Waals surface area contributed by atoms with E-state index in [4.69, 9.17) is 10.8 Å². The maximum Gasteiger partial charge on any atom is 0.321 e. The molecule has 0 fully saturated rings. The van der Waals surface area contributed by atoms with Crippen LogP contribution in [0.4, 0.5) is 0 Å². The number of carboxylic acids is 1. The van der Waals surface area contributed by atoms with Crippen molar-refractivity contribution in [3.05, 3.63) is 0 Å². The maximum absolute atomic E-state index is 10.2. The van der Waals surface area contributed by atoms with Gasteiger partial charge in [0.15, 0.2) is 0 Å². The molecule has 12 heavy (non-hydrogen) atoms. The van der Waals surface area contributed by atoms with Crippen LogP contribution in [-0.2, 0) is 4.79 Å². The molecule has 0 spiro atoms. The van der Waals surface area contributed by atoms with Crippen molar-refractivity contribution in [2.45, 2.75) is 39.0 Å². The summed E-state index contributed by atoms with van der Waals surface area (Å²) in [6.45, 7) is 8.03. The molecule has 4 heteroatoms. The minimum absolute atomic E-state index is 0.449. The zero-order valence-electron chi connectivity index (χ0n) is 8.20. The molecule has 1 atom stereocenters. The molecule has 0 heterocycles. The summed E-state index contributed by atoms with van der Waals surface area (Å²) in [5, 5.41) is 8.81. The van der Waals surface area contributed by atoms with Crippen molar-refractivity contribution in [1.82, 2.24) is 0 Å². The monoisotopic (exact) mass is 193 g/mol. The molecular weight excluding hydrogens is 174 g/mol. The van der Waals surface area contributed by atoms with Gasteiger partial charge in [-0.15, -0.1) is 0 Å². The quantitative estimate of drug-likeness (QED) is 0.711. The highest BCUT2D eigenvalue weighted by Gasteiger charge is 2.11. The van der Waals surface area contributed by atoms with Crippen molar-refractivity contribution in [2.24, 2.45) is 5.73 Å². The third-order valence-electron chi connectivity index (χ3n) is 0.926. The second-order valence-corrected chi connectivity index (χ2v) is 3.94. The van der Waals surface area contributed by atoms with Crippen LogP contribution in [0.1, 0.15) is 27.7 Å². The predicted octanol–water partition coefficient (Wildman–Crippen LogP) is 1.57. The summed E-state index contributed by atoms with van der Waals surface area (Å²) in [6, 6.07) is -0.715. The summed E-state index contributed by atoms with van der Waals surface area (Å²) in [6.07, 6.45) is 0. The lowest BCUT2D eigenvalue weighted by Gasteiger charge is -2.07. The van der Waals surface area contributed by atoms with Gasteiger partial charge in [-0.25, -0.2) is 0 Å². The molecular formula is C8H19NO2S. The van der Waals surface area contributed by atoms with Crippen LogP contribution in [0.25, 0.3) is 0 Å². The summed E-state index contributed by atoms with van der Waals surface area (Å²) < 4.78 is 0. The topological polar surface area (TPSA) is 63.3 Å². The van der Waals surface area contributed by atoms with E-state index in [1.165, 1.54) is 0 Å². The average molecular weight is 193 g/mol. The number of carboxylic acid groups (broad SMARTS) is 1. The maximum atomic E-state index is 10.2. The smallest absolute Gasteiger partial charge is 0.321 e. The van der Waals surface area contributed by atoms with Crippen LogP contribution >= 0.6 is 11.8 Å². The molecule has 0 aromatic heterocycles. The fourth-order valence-corrected chi connectivity index (χ4v) is 1.10. The lowest BCUT2D eigenvalue weighted by molar-refractivity contribution is -0.137. The number of rotatable bonds is 4. The van der Waals surface area contributed by atoms with Crippen LogP contribution in [0.15, 0.2) is 0 Å². The van der Waals surface area contributed by atoms with Gasteiger partial charge in [-0.2, -0.15) is 11.8 Å². The molecule has 74 valence electrons. The third-order valence-corrected chi connectivity index (χ3v) is 2.14. The van der Waals surface area contributed by atoms with Crippen molar-refractivity contribution in [1.29, 1.82) is 0 Å². The standard InChI is InChI=1S/C6H13NO2S.C2H6/c1-4(2)10-3-5(7)6(8)9;1-2/h4-5H,3,7H2,1-2H3,(H,8,9);1-2H3. The fourth-order valence-electron chi connectivity index (χ4n) is 0.367. The largest absolute Gasteiger partial charge is 0.480 e. The van der Waals surface area contributed by atoms with E-state index in [-0.39, 0.29) is 0 Å². The zero-order chi connectivity index (χ0) is 10.1. The van der Waals surface area contributed by atoms with E-state index in [0.29, 0.717) is 11.0 Å². The molecule has 3 N–H and O–H groups in total. The van der Waals surface area contributed by atoms with Gasteiger partial charge in [-0.1, -0.05) is 27.7 Å². The van der Waals surface area contributed by atoms with Gasteiger partial charge in [0.25, 0.3) is 0 Å². The highest BCUT2D eigenvalue weighted by molar-refractivity contribution is 7.99. The first-order valence-electron chi connectivity index (χ1n) is 4.14. The second-order valence-electron chi connectivity index (χ2n) is 2.33. The highest BCUT2D eigenvalue weighted by Crippen LogP contribution is 2.09. The van der Waals surface area contributed by atoms with Crippen molar-refractivity contribution in [3.8, 4) is 0 Å². The van der Waals surface area contributed by atoms with Crippen LogP contribution in [-0.4, -0.2) is 28.1 Å². The molecule has 0 radical (unpaired) electrons. The number of carbonyl (C=O) groups is 1. The van der Waals surface area contributed by atoms with Gasteiger partial charge >= 0.3 is 5.97 Å². The summed E-state index contributed by atoms with van der Waals surface area (Å²) in [7, 11) is 0. The normalized spacial score (nSPS) is 11.8. The molecule has 0 amide bonds. The molecule has 0 bridgehead atoms. The molecule has 1 unspecified atom stereocenters. The summed E-state index contributed by atoms with van der Waals surface area (Å²) in [5.74, 6) is -0.430. The molecule has 0 saturated heterocycles. The fraction of sp³-hybridized carbons (Fsp3) is 0.875. The lowest BCUT2D eigenvalue weighted by atomic mass is 10.4. The molecule has 0 aromatic carbocycles. The molecule has 0 aliphatic rings. The van der Waals surface area contributed by atoms with Gasteiger partial charge in [-0.3, -0.25) is 4.79 Å². The van der Waals surface area contributed by atoms with E-state index in [2.05, 4.69) is 0 Å². The number of thioether (sulfide) groups is 1. The SMILES string of the molecule is CC.CC(C)SCC(N)C(=O)O. The first kappa shape index (κ1) is 14.3. The van der Waals surface area contributed by atoms with Crippen LogP contribution < -0.4 is 5.73 Å². The van der Waals surface area contributed by atoms with E-state index < -0.39 is 12.0 Å². The first-order valence-corrected chi connectivity index (χ1v) is 5.19. The van der Waals surface area contributed by atoms with E-state index >= 15 is 0 Å². The Bertz CT molecular complexity index is 118. The van der Waals surface area contributed by atoms with Gasteiger partial charge in [0.1, 0.15) is 6.04 Å². The van der Waals surface area contributed by atoms with Gasteiger partial charge in [0.05, 0.1) is 0 Å². The number of nitrogens with two attached hydrogens (primary N) is 1. The third kappa shape index (κ3) is 9.78. The first-order chi connectivity index (χ1) is 5.54. The van der Waals surface area contributed by atoms with Gasteiger partial charge in [0, 0.05) is 5.75 Å². The summed E-state index contributed by atoms with van der Waals surface area (Å²) in [5.41, 5.74) is 5.24. The molecule has 0 aromatic rings. The van der Waals surface area contributed by atoms with Crippen molar-refractivity contribution >= 4 is 17.7 Å². The Kier molecular flexibility index (Phi) is 10.6. The molecule has 0 aliphatic heterocycles. The molecule has 3 nitrogen and oxygen atoms in total. The highest BCUT2D eigenvalue weighted by atomic mass is 32.2. The van der Waals surface area contributed by atoms with Crippen LogP contribution in [0.3, 0.4) is 0 Å². The molecule has 0 saturated carbocycles. The summed E-state index contributed by atoms with van der Waals surface area (Å²) in [4.78, 5) is 10.2. The van der Waals surface area contributed by atoms with E-state index in [9.17, 15) is 4.79 Å². The average Bonchev–Trinajstić information content (AvgIpc) is 2.03. The Morgan fingerprint density at radius 1 is 1.50 bits per heavy atom. The van der Waals surface area contributed by atoms with Crippen molar-refractivity contribution in [3.63, 3.8) is 0 Å². The van der Waals surface area contributed by atoms with Gasteiger partial charge in [0.2, 0.25) is 0 Å². The van der Waals surface area contributed by atoms with Crippen LogP contribution in [0.2, 0.25) is 0 Å². The van der Waals surface area contributed by atoms with Crippen molar-refractivity contribution < 1.29 is 9.90 Å². The number of hydrogen-bond donors (Lipinski definition) is 2. The Hall–Kier alpha value is -0.220. The van der Waals surface area contributed by atoms with E-state index in [1.54, 1.807) is 11.8 Å². The Morgan fingerprint density at radius 3 is 2.17 bits per heavy atom. The molecule has 0 rings (SSSR count). The Balaban J connectivity index is 0. The lowest BCUT2D eigenvalue weighted by Crippen LogP contribution is -2.32. The predicted molar refractivity (Wildman–Crippen MR) is 54.6 cm³/mol. The second kappa shape index (κ2) is 8.87. The Labute approximate surface area is 78.7 Å².